The molecule has 0 bridgehead atoms. The minimum atomic E-state index is -0.0538. The predicted octanol–water partition coefficient (Wildman–Crippen LogP) is 3.40. The maximum absolute atomic E-state index is 6.57. The van der Waals surface area contributed by atoms with Gasteiger partial charge in [-0.25, -0.2) is 0 Å². The number of nitrogens with two attached hydrogens (primary N) is 1. The highest BCUT2D eigenvalue weighted by Crippen LogP contribution is 2.35. The molecule has 0 atom stereocenters. The number of rotatable bonds is 2. The Labute approximate surface area is 110 Å². The van der Waals surface area contributed by atoms with E-state index in [0.717, 1.165) is 12.8 Å². The topological polar surface area (TPSA) is 29.3 Å². The van der Waals surface area contributed by atoms with Gasteiger partial charge in [-0.2, -0.15) is 0 Å². The van der Waals surface area contributed by atoms with Crippen molar-refractivity contribution in [3.63, 3.8) is 0 Å². The third kappa shape index (κ3) is 2.26. The summed E-state index contributed by atoms with van der Waals surface area (Å²) in [6, 6.07) is 9.06. The van der Waals surface area contributed by atoms with E-state index < -0.39 is 0 Å². The van der Waals surface area contributed by atoms with Crippen molar-refractivity contribution < 1.29 is 0 Å². The number of hydrogen-bond acceptors (Lipinski definition) is 2. The van der Waals surface area contributed by atoms with Crippen LogP contribution in [-0.4, -0.2) is 13.1 Å². The van der Waals surface area contributed by atoms with Crippen LogP contribution in [0.25, 0.3) is 0 Å². The summed E-state index contributed by atoms with van der Waals surface area (Å²) in [7, 11) is 0. The van der Waals surface area contributed by atoms with Crippen LogP contribution in [0, 0.1) is 0 Å². The summed E-state index contributed by atoms with van der Waals surface area (Å²) in [5.41, 5.74) is 9.23. The lowest BCUT2D eigenvalue weighted by Crippen LogP contribution is -2.38. The van der Waals surface area contributed by atoms with Crippen LogP contribution in [0.5, 0.6) is 0 Å². The first-order chi connectivity index (χ1) is 8.78. The Balaban J connectivity index is 1.77. The summed E-state index contributed by atoms with van der Waals surface area (Å²) < 4.78 is 0. The largest absolute Gasteiger partial charge is 0.372 e. The van der Waals surface area contributed by atoms with Crippen molar-refractivity contribution in [2.24, 2.45) is 5.73 Å². The number of benzene rings is 1. The fraction of sp³-hybridized carbons (Fsp3) is 0.625. The molecule has 0 amide bonds. The van der Waals surface area contributed by atoms with Gasteiger partial charge in [-0.15, -0.1) is 0 Å². The van der Waals surface area contributed by atoms with E-state index in [1.807, 2.05) is 0 Å². The monoisotopic (exact) mass is 244 g/mol. The Morgan fingerprint density at radius 1 is 0.833 bits per heavy atom. The molecular formula is C16H24N2. The summed E-state index contributed by atoms with van der Waals surface area (Å²) in [6.07, 6.45) is 8.89. The Morgan fingerprint density at radius 2 is 1.44 bits per heavy atom. The molecule has 2 N–H and O–H groups in total. The van der Waals surface area contributed by atoms with Crippen LogP contribution in [0.1, 0.15) is 50.5 Å². The van der Waals surface area contributed by atoms with E-state index in [1.54, 1.807) is 0 Å². The van der Waals surface area contributed by atoms with Crippen molar-refractivity contribution in [2.45, 2.75) is 50.5 Å². The summed E-state index contributed by atoms with van der Waals surface area (Å²) >= 11 is 0. The van der Waals surface area contributed by atoms with Gasteiger partial charge in [-0.1, -0.05) is 31.4 Å². The molecule has 1 saturated heterocycles. The fourth-order valence-electron chi connectivity index (χ4n) is 3.45. The Bertz CT molecular complexity index is 384. The van der Waals surface area contributed by atoms with Crippen LogP contribution in [0.4, 0.5) is 5.69 Å². The zero-order chi connectivity index (χ0) is 12.4. The minimum absolute atomic E-state index is 0.0538. The van der Waals surface area contributed by atoms with Crippen LogP contribution in [-0.2, 0) is 5.54 Å². The van der Waals surface area contributed by atoms with E-state index in [2.05, 4.69) is 29.2 Å². The maximum atomic E-state index is 6.57. The minimum Gasteiger partial charge on any atom is -0.372 e. The van der Waals surface area contributed by atoms with E-state index in [4.69, 9.17) is 5.73 Å². The molecule has 0 unspecified atom stereocenters. The Hall–Kier alpha value is -1.02. The zero-order valence-corrected chi connectivity index (χ0v) is 11.2. The van der Waals surface area contributed by atoms with Crippen LogP contribution in [0.15, 0.2) is 24.3 Å². The molecule has 1 aromatic rings. The summed E-state index contributed by atoms with van der Waals surface area (Å²) in [5.74, 6) is 0. The number of hydrogen-bond donors (Lipinski definition) is 1. The van der Waals surface area contributed by atoms with Gasteiger partial charge in [0, 0.05) is 24.3 Å². The smallest absolute Gasteiger partial charge is 0.0409 e. The van der Waals surface area contributed by atoms with Crippen molar-refractivity contribution >= 4 is 5.69 Å². The molecule has 98 valence electrons. The van der Waals surface area contributed by atoms with Crippen LogP contribution < -0.4 is 10.6 Å². The van der Waals surface area contributed by atoms with Crippen molar-refractivity contribution in [2.75, 3.05) is 18.0 Å². The highest BCUT2D eigenvalue weighted by molar-refractivity contribution is 5.49. The standard InChI is InChI=1S/C16H24N2/c17-16(10-2-1-3-11-16)14-6-8-15(9-7-14)18-12-4-5-13-18/h6-9H,1-5,10-13,17H2. The van der Waals surface area contributed by atoms with Crippen LogP contribution in [0.3, 0.4) is 0 Å². The molecule has 2 heteroatoms. The highest BCUT2D eigenvalue weighted by atomic mass is 15.1. The molecule has 2 aliphatic rings. The Morgan fingerprint density at radius 3 is 2.06 bits per heavy atom. The van der Waals surface area contributed by atoms with Gasteiger partial charge >= 0.3 is 0 Å². The normalized spacial score (nSPS) is 23.3. The van der Waals surface area contributed by atoms with Gasteiger partial charge in [0.1, 0.15) is 0 Å². The van der Waals surface area contributed by atoms with Crippen LogP contribution in [0.2, 0.25) is 0 Å². The molecule has 0 aromatic heterocycles. The second kappa shape index (κ2) is 4.93. The van der Waals surface area contributed by atoms with Gasteiger partial charge < -0.3 is 10.6 Å². The van der Waals surface area contributed by atoms with Gasteiger partial charge in [-0.05, 0) is 43.4 Å². The lowest BCUT2D eigenvalue weighted by atomic mass is 9.77. The molecule has 2 nitrogen and oxygen atoms in total. The highest BCUT2D eigenvalue weighted by Gasteiger charge is 2.29. The summed E-state index contributed by atoms with van der Waals surface area (Å²) in [4.78, 5) is 2.48. The molecule has 2 fully saturated rings. The quantitative estimate of drug-likeness (QED) is 0.864. The second-order valence-electron chi connectivity index (χ2n) is 5.96. The molecule has 1 aromatic carbocycles. The van der Waals surface area contributed by atoms with Gasteiger partial charge in [-0.3, -0.25) is 0 Å². The van der Waals surface area contributed by atoms with Crippen LogP contribution >= 0.6 is 0 Å². The lowest BCUT2D eigenvalue weighted by Gasteiger charge is -2.34. The number of anilines is 1. The van der Waals surface area contributed by atoms with Gasteiger partial charge in [0.2, 0.25) is 0 Å². The van der Waals surface area contributed by atoms with E-state index >= 15 is 0 Å². The van der Waals surface area contributed by atoms with Crippen molar-refractivity contribution in [3.05, 3.63) is 29.8 Å². The molecule has 18 heavy (non-hydrogen) atoms. The third-order valence-corrected chi connectivity index (χ3v) is 4.66. The summed E-state index contributed by atoms with van der Waals surface area (Å²) in [6.45, 7) is 2.43. The van der Waals surface area contributed by atoms with E-state index in [9.17, 15) is 0 Å². The number of nitrogens with zero attached hydrogens (tertiary/aromatic N) is 1. The molecule has 1 heterocycles. The SMILES string of the molecule is NC1(c2ccc(N3CCCC3)cc2)CCCCC1. The first-order valence-electron chi connectivity index (χ1n) is 7.42. The molecule has 1 aliphatic heterocycles. The van der Waals surface area contributed by atoms with E-state index in [-0.39, 0.29) is 5.54 Å². The van der Waals surface area contributed by atoms with Gasteiger partial charge in [0.05, 0.1) is 0 Å². The molecule has 0 spiro atoms. The maximum Gasteiger partial charge on any atom is 0.0409 e. The fourth-order valence-corrected chi connectivity index (χ4v) is 3.45. The average Bonchev–Trinajstić information content (AvgIpc) is 2.94. The lowest BCUT2D eigenvalue weighted by molar-refractivity contribution is 0.302. The average molecular weight is 244 g/mol. The van der Waals surface area contributed by atoms with E-state index in [0.29, 0.717) is 0 Å². The summed E-state index contributed by atoms with van der Waals surface area (Å²) in [5, 5.41) is 0. The predicted molar refractivity (Wildman–Crippen MR) is 76.8 cm³/mol. The van der Waals surface area contributed by atoms with Gasteiger partial charge in [0.25, 0.3) is 0 Å². The van der Waals surface area contributed by atoms with Gasteiger partial charge in [0.15, 0.2) is 0 Å². The molecule has 1 aliphatic carbocycles. The molecule has 0 radical (unpaired) electrons. The zero-order valence-electron chi connectivity index (χ0n) is 11.2. The molecule has 1 saturated carbocycles. The second-order valence-corrected chi connectivity index (χ2v) is 5.96. The molecule has 3 rings (SSSR count). The first-order valence-corrected chi connectivity index (χ1v) is 7.42. The van der Waals surface area contributed by atoms with Crippen molar-refractivity contribution in [3.8, 4) is 0 Å². The third-order valence-electron chi connectivity index (χ3n) is 4.66. The van der Waals surface area contributed by atoms with Crippen molar-refractivity contribution in [1.29, 1.82) is 0 Å². The first kappa shape index (κ1) is 12.0. The Kier molecular flexibility index (Phi) is 3.29. The molecular weight excluding hydrogens is 220 g/mol. The van der Waals surface area contributed by atoms with E-state index in [1.165, 1.54) is 56.4 Å². The van der Waals surface area contributed by atoms with Crippen molar-refractivity contribution in [1.82, 2.24) is 0 Å².